The van der Waals surface area contributed by atoms with E-state index < -0.39 is 23.5 Å². The van der Waals surface area contributed by atoms with E-state index in [0.717, 1.165) is 0 Å². The normalized spacial score (nSPS) is 11.7. The van der Waals surface area contributed by atoms with E-state index in [2.05, 4.69) is 0 Å². The van der Waals surface area contributed by atoms with Gasteiger partial charge in [0.05, 0.1) is 12.5 Å². The molecule has 0 bridgehead atoms. The molecule has 0 aliphatic carbocycles. The highest BCUT2D eigenvalue weighted by Crippen LogP contribution is 2.31. The quantitative estimate of drug-likeness (QED) is 0.494. The number of ether oxygens (including phenoxy) is 2. The first kappa shape index (κ1) is 25.0. The predicted molar refractivity (Wildman–Crippen MR) is 111 cm³/mol. The van der Waals surface area contributed by atoms with Crippen LogP contribution in [-0.2, 0) is 22.6 Å². The van der Waals surface area contributed by atoms with Crippen molar-refractivity contribution in [3.8, 4) is 17.2 Å². The number of esters is 1. The zero-order valence-electron chi connectivity index (χ0n) is 18.3. The molecule has 1 N–H and O–H groups in total. The lowest BCUT2D eigenvalue weighted by Gasteiger charge is -2.24. The molecule has 2 rings (SSSR count). The number of hydrogen-bond donors (Lipinski definition) is 1. The number of carbonyl (C=O) groups is 2. The highest BCUT2D eigenvalue weighted by atomic mass is 19.4. The minimum absolute atomic E-state index is 0.0383. The van der Waals surface area contributed by atoms with E-state index >= 15 is 0 Å². The van der Waals surface area contributed by atoms with Gasteiger partial charge in [-0.25, -0.2) is 0 Å². The van der Waals surface area contributed by atoms with Crippen LogP contribution in [0.5, 0.6) is 17.2 Å². The van der Waals surface area contributed by atoms with Crippen LogP contribution in [0.2, 0.25) is 0 Å². The van der Waals surface area contributed by atoms with E-state index in [4.69, 9.17) is 9.47 Å². The fourth-order valence-corrected chi connectivity index (χ4v) is 2.73. The Hall–Kier alpha value is -3.23. The molecule has 32 heavy (non-hydrogen) atoms. The van der Waals surface area contributed by atoms with E-state index in [0.29, 0.717) is 16.0 Å². The number of halogens is 3. The smallest absolute Gasteiger partial charge is 0.471 e. The van der Waals surface area contributed by atoms with E-state index in [-0.39, 0.29) is 36.8 Å². The second-order valence-corrected chi connectivity index (χ2v) is 8.27. The Balaban J connectivity index is 2.22. The molecular formula is C23H26F3NO5. The minimum Gasteiger partial charge on any atom is -0.508 e. The number of methoxy groups -OCH3 is 1. The summed E-state index contributed by atoms with van der Waals surface area (Å²) < 4.78 is 50.0. The Morgan fingerprint density at radius 2 is 1.56 bits per heavy atom. The highest BCUT2D eigenvalue weighted by molar-refractivity contribution is 5.82. The molecule has 9 heteroatoms. The third-order valence-electron chi connectivity index (χ3n) is 4.55. The first-order valence-electron chi connectivity index (χ1n) is 9.84. The van der Waals surface area contributed by atoms with Crippen molar-refractivity contribution < 1.29 is 37.3 Å². The number of benzene rings is 2. The van der Waals surface area contributed by atoms with Crippen LogP contribution in [-0.4, -0.2) is 41.7 Å². The monoisotopic (exact) mass is 453 g/mol. The lowest BCUT2D eigenvalue weighted by atomic mass is 9.97. The van der Waals surface area contributed by atoms with Crippen molar-refractivity contribution in [1.29, 1.82) is 0 Å². The van der Waals surface area contributed by atoms with Crippen LogP contribution in [0.4, 0.5) is 13.2 Å². The van der Waals surface area contributed by atoms with Crippen LogP contribution in [0.15, 0.2) is 42.5 Å². The summed E-state index contributed by atoms with van der Waals surface area (Å²) in [4.78, 5) is 24.8. The molecule has 2 aromatic carbocycles. The van der Waals surface area contributed by atoms with Crippen LogP contribution in [0, 0.1) is 5.41 Å². The van der Waals surface area contributed by atoms with Crippen LogP contribution in [0.1, 0.15) is 31.9 Å². The number of phenolic OH excluding ortho intramolecular Hbond substituents is 1. The summed E-state index contributed by atoms with van der Waals surface area (Å²) in [5, 5.41) is 9.34. The predicted octanol–water partition coefficient (Wildman–Crippen LogP) is 4.49. The molecule has 6 nitrogen and oxygen atoms in total. The largest absolute Gasteiger partial charge is 0.508 e. The van der Waals surface area contributed by atoms with Gasteiger partial charge in [-0.1, -0.05) is 18.2 Å². The first-order chi connectivity index (χ1) is 14.8. The Bertz CT molecular complexity index is 950. The van der Waals surface area contributed by atoms with Crippen LogP contribution < -0.4 is 9.47 Å². The molecule has 0 saturated carbocycles. The van der Waals surface area contributed by atoms with Crippen LogP contribution in [0.25, 0.3) is 0 Å². The zero-order chi connectivity index (χ0) is 24.1. The maximum absolute atomic E-state index is 13.1. The van der Waals surface area contributed by atoms with E-state index in [1.807, 2.05) is 0 Å². The number of amides is 1. The van der Waals surface area contributed by atoms with Gasteiger partial charge in [0.2, 0.25) is 0 Å². The standard InChI is InChI=1S/C23H26F3NO5/c1-22(2,3)21(30)32-18-10-7-16(13-19(18)31-4)14-27(20(29)23(24,25)26)12-11-15-5-8-17(28)9-6-15/h5-10,13,28H,11-12,14H2,1-4H3. The summed E-state index contributed by atoms with van der Waals surface area (Å²) in [6, 6.07) is 10.3. The second-order valence-electron chi connectivity index (χ2n) is 8.27. The minimum atomic E-state index is -5.03. The Morgan fingerprint density at radius 3 is 2.09 bits per heavy atom. The number of rotatable bonds is 7. The molecule has 0 saturated heterocycles. The number of alkyl halides is 3. The van der Waals surface area contributed by atoms with Gasteiger partial charge < -0.3 is 19.5 Å². The summed E-state index contributed by atoms with van der Waals surface area (Å²) in [5.74, 6) is -2.12. The molecule has 0 heterocycles. The molecule has 0 aliphatic rings. The van der Waals surface area contributed by atoms with Gasteiger partial charge in [0.15, 0.2) is 11.5 Å². The molecule has 0 fully saturated rings. The molecule has 0 atom stereocenters. The molecule has 0 spiro atoms. The summed E-state index contributed by atoms with van der Waals surface area (Å²) >= 11 is 0. The molecule has 0 aliphatic heterocycles. The van der Waals surface area contributed by atoms with Crippen molar-refractivity contribution >= 4 is 11.9 Å². The van der Waals surface area contributed by atoms with Crippen molar-refractivity contribution in [2.45, 2.75) is 39.9 Å². The van der Waals surface area contributed by atoms with Crippen molar-refractivity contribution in [1.82, 2.24) is 4.90 Å². The average Bonchev–Trinajstić information content (AvgIpc) is 2.71. The van der Waals surface area contributed by atoms with Crippen molar-refractivity contribution in [3.63, 3.8) is 0 Å². The van der Waals surface area contributed by atoms with Crippen molar-refractivity contribution in [2.24, 2.45) is 5.41 Å². The van der Waals surface area contributed by atoms with E-state index in [1.54, 1.807) is 32.9 Å². The summed E-state index contributed by atoms with van der Waals surface area (Å²) in [6.45, 7) is 4.55. The SMILES string of the molecule is COc1cc(CN(CCc2ccc(O)cc2)C(=O)C(F)(F)F)ccc1OC(=O)C(C)(C)C. The summed E-state index contributed by atoms with van der Waals surface area (Å²) in [5.41, 5.74) is 0.291. The highest BCUT2D eigenvalue weighted by Gasteiger charge is 2.42. The molecular weight excluding hydrogens is 427 g/mol. The van der Waals surface area contributed by atoms with Gasteiger partial charge in [0, 0.05) is 13.1 Å². The van der Waals surface area contributed by atoms with Gasteiger partial charge in [-0.05, 0) is 62.6 Å². The van der Waals surface area contributed by atoms with Gasteiger partial charge in [0.25, 0.3) is 0 Å². The van der Waals surface area contributed by atoms with Gasteiger partial charge >= 0.3 is 18.1 Å². The zero-order valence-corrected chi connectivity index (χ0v) is 18.3. The topological polar surface area (TPSA) is 76.1 Å². The lowest BCUT2D eigenvalue weighted by Crippen LogP contribution is -2.41. The van der Waals surface area contributed by atoms with E-state index in [1.165, 1.54) is 37.4 Å². The van der Waals surface area contributed by atoms with Crippen LogP contribution in [0.3, 0.4) is 0 Å². The third kappa shape index (κ3) is 6.90. The molecule has 1 amide bonds. The number of nitrogens with zero attached hydrogens (tertiary/aromatic N) is 1. The number of aromatic hydroxyl groups is 1. The maximum atomic E-state index is 13.1. The van der Waals surface area contributed by atoms with Gasteiger partial charge in [0.1, 0.15) is 5.75 Å². The number of hydrogen-bond acceptors (Lipinski definition) is 5. The number of carbonyl (C=O) groups excluding carboxylic acids is 2. The Kier molecular flexibility index (Phi) is 7.77. The Labute approximate surface area is 184 Å². The lowest BCUT2D eigenvalue weighted by molar-refractivity contribution is -0.186. The summed E-state index contributed by atoms with van der Waals surface area (Å²) in [6.07, 6.45) is -4.86. The molecule has 174 valence electrons. The van der Waals surface area contributed by atoms with Gasteiger partial charge in [-0.3, -0.25) is 9.59 Å². The fraction of sp³-hybridized carbons (Fsp3) is 0.391. The molecule has 0 unspecified atom stereocenters. The van der Waals surface area contributed by atoms with Gasteiger partial charge in [-0.15, -0.1) is 0 Å². The second kappa shape index (κ2) is 9.93. The van der Waals surface area contributed by atoms with Crippen molar-refractivity contribution in [2.75, 3.05) is 13.7 Å². The van der Waals surface area contributed by atoms with Crippen molar-refractivity contribution in [3.05, 3.63) is 53.6 Å². The summed E-state index contributed by atoms with van der Waals surface area (Å²) in [7, 11) is 1.34. The molecule has 0 aromatic heterocycles. The first-order valence-corrected chi connectivity index (χ1v) is 9.84. The van der Waals surface area contributed by atoms with Crippen LogP contribution >= 0.6 is 0 Å². The Morgan fingerprint density at radius 1 is 0.969 bits per heavy atom. The fourth-order valence-electron chi connectivity index (χ4n) is 2.73. The average molecular weight is 453 g/mol. The third-order valence-corrected chi connectivity index (χ3v) is 4.55. The molecule has 0 radical (unpaired) electrons. The maximum Gasteiger partial charge on any atom is 0.471 e. The number of phenols is 1. The molecule has 2 aromatic rings. The van der Waals surface area contributed by atoms with E-state index in [9.17, 15) is 27.9 Å². The van der Waals surface area contributed by atoms with Gasteiger partial charge in [-0.2, -0.15) is 13.2 Å².